The molecule has 3 aromatic rings. The van der Waals surface area contributed by atoms with Crippen molar-refractivity contribution >= 4 is 11.6 Å². The van der Waals surface area contributed by atoms with Crippen LogP contribution in [0.25, 0.3) is 11.1 Å². The van der Waals surface area contributed by atoms with Gasteiger partial charge in [0.25, 0.3) is 5.56 Å². The van der Waals surface area contributed by atoms with Crippen LogP contribution >= 0.6 is 11.6 Å². The van der Waals surface area contributed by atoms with Gasteiger partial charge in [0.15, 0.2) is 5.75 Å². The summed E-state index contributed by atoms with van der Waals surface area (Å²) in [5.41, 5.74) is 3.39. The molecule has 1 aromatic heterocycles. The van der Waals surface area contributed by atoms with E-state index in [0.717, 1.165) is 16.7 Å². The number of rotatable bonds is 6. The lowest BCUT2D eigenvalue weighted by molar-refractivity contribution is 0.440. The minimum atomic E-state index is -0.270. The molecule has 0 amide bonds. The van der Waals surface area contributed by atoms with E-state index >= 15 is 0 Å². The average molecular weight is 397 g/mol. The molecule has 28 heavy (non-hydrogen) atoms. The molecular formula is C23H25ClN2O2. The molecule has 0 bridgehead atoms. The van der Waals surface area contributed by atoms with Crippen molar-refractivity contribution in [2.45, 2.75) is 40.2 Å². The third kappa shape index (κ3) is 4.45. The van der Waals surface area contributed by atoms with Crippen molar-refractivity contribution < 1.29 is 5.11 Å². The van der Waals surface area contributed by atoms with Crippen LogP contribution in [0.2, 0.25) is 5.02 Å². The highest BCUT2D eigenvalue weighted by atomic mass is 35.5. The van der Waals surface area contributed by atoms with Gasteiger partial charge >= 0.3 is 0 Å². The maximum absolute atomic E-state index is 13.2. The van der Waals surface area contributed by atoms with Crippen molar-refractivity contribution in [3.05, 3.63) is 80.7 Å². The standard InChI is InChI=1S/C23H25ClN2O2/c1-15(2)14-20-22(27)21(19-7-5-4-6-16(19)3)23(28)26(25-20)13-12-17-8-10-18(24)11-9-17/h4-11,15,27H,12-14H2,1-3H3. The maximum Gasteiger partial charge on any atom is 0.278 e. The second-order valence-corrected chi connectivity index (χ2v) is 7.92. The molecule has 5 heteroatoms. The summed E-state index contributed by atoms with van der Waals surface area (Å²) >= 11 is 5.95. The lowest BCUT2D eigenvalue weighted by Crippen LogP contribution is -2.27. The number of halogens is 1. The van der Waals surface area contributed by atoms with Crippen LogP contribution in [-0.2, 0) is 19.4 Å². The van der Waals surface area contributed by atoms with E-state index in [9.17, 15) is 9.90 Å². The molecule has 0 aliphatic heterocycles. The van der Waals surface area contributed by atoms with E-state index < -0.39 is 0 Å². The van der Waals surface area contributed by atoms with Gasteiger partial charge in [0.05, 0.1) is 5.56 Å². The Morgan fingerprint density at radius 1 is 1.11 bits per heavy atom. The Labute approximate surface area is 170 Å². The number of aromatic hydroxyl groups is 1. The van der Waals surface area contributed by atoms with Gasteiger partial charge in [-0.3, -0.25) is 4.79 Å². The summed E-state index contributed by atoms with van der Waals surface area (Å²) in [6.07, 6.45) is 1.26. The van der Waals surface area contributed by atoms with Gasteiger partial charge in [-0.1, -0.05) is 61.8 Å². The Kier molecular flexibility index (Phi) is 6.20. The first-order valence-corrected chi connectivity index (χ1v) is 9.88. The fraction of sp³-hybridized carbons (Fsp3) is 0.304. The predicted octanol–water partition coefficient (Wildman–Crippen LogP) is 5.02. The molecule has 1 N–H and O–H groups in total. The zero-order chi connectivity index (χ0) is 20.3. The second-order valence-electron chi connectivity index (χ2n) is 7.49. The largest absolute Gasteiger partial charge is 0.505 e. The van der Waals surface area contributed by atoms with Crippen molar-refractivity contribution in [1.29, 1.82) is 0 Å². The third-order valence-corrected chi connectivity index (χ3v) is 4.99. The van der Waals surface area contributed by atoms with E-state index in [2.05, 4.69) is 18.9 Å². The van der Waals surface area contributed by atoms with Crippen molar-refractivity contribution in [2.24, 2.45) is 5.92 Å². The topological polar surface area (TPSA) is 55.1 Å². The predicted molar refractivity (Wildman–Crippen MR) is 114 cm³/mol. The molecule has 146 valence electrons. The molecule has 0 fully saturated rings. The normalized spacial score (nSPS) is 11.2. The van der Waals surface area contributed by atoms with Crippen LogP contribution in [0, 0.1) is 12.8 Å². The van der Waals surface area contributed by atoms with Crippen LogP contribution in [0.3, 0.4) is 0 Å². The highest BCUT2D eigenvalue weighted by Crippen LogP contribution is 2.31. The molecular weight excluding hydrogens is 372 g/mol. The van der Waals surface area contributed by atoms with E-state index in [1.54, 1.807) is 0 Å². The highest BCUT2D eigenvalue weighted by molar-refractivity contribution is 6.30. The molecule has 0 unspecified atom stereocenters. The van der Waals surface area contributed by atoms with Gasteiger partial charge in [-0.15, -0.1) is 0 Å². The molecule has 0 aliphatic rings. The number of aromatic nitrogens is 2. The molecule has 0 spiro atoms. The summed E-state index contributed by atoms with van der Waals surface area (Å²) < 4.78 is 1.48. The summed E-state index contributed by atoms with van der Waals surface area (Å²) in [7, 11) is 0. The first-order valence-electron chi connectivity index (χ1n) is 9.50. The molecule has 2 aromatic carbocycles. The van der Waals surface area contributed by atoms with Gasteiger partial charge in [-0.25, -0.2) is 4.68 Å². The average Bonchev–Trinajstić information content (AvgIpc) is 2.65. The minimum Gasteiger partial charge on any atom is -0.505 e. The first-order chi connectivity index (χ1) is 13.4. The van der Waals surface area contributed by atoms with Gasteiger partial charge in [0.1, 0.15) is 5.69 Å². The molecule has 0 radical (unpaired) electrons. The summed E-state index contributed by atoms with van der Waals surface area (Å²) in [5, 5.41) is 16.0. The monoisotopic (exact) mass is 396 g/mol. The second kappa shape index (κ2) is 8.61. The molecule has 0 aliphatic carbocycles. The van der Waals surface area contributed by atoms with Crippen LogP contribution in [0.1, 0.15) is 30.7 Å². The summed E-state index contributed by atoms with van der Waals surface area (Å²) in [6.45, 7) is 6.51. The molecule has 0 saturated heterocycles. The Hall–Kier alpha value is -2.59. The number of aryl methyl sites for hydroxylation is 3. The Morgan fingerprint density at radius 2 is 1.79 bits per heavy atom. The van der Waals surface area contributed by atoms with Crippen molar-refractivity contribution in [1.82, 2.24) is 9.78 Å². The number of hydrogen-bond donors (Lipinski definition) is 1. The first kappa shape index (κ1) is 20.2. The highest BCUT2D eigenvalue weighted by Gasteiger charge is 2.20. The zero-order valence-electron chi connectivity index (χ0n) is 16.4. The quantitative estimate of drug-likeness (QED) is 0.636. The molecule has 4 nitrogen and oxygen atoms in total. The lowest BCUT2D eigenvalue weighted by atomic mass is 9.98. The van der Waals surface area contributed by atoms with Crippen LogP contribution in [0.5, 0.6) is 5.75 Å². The number of benzene rings is 2. The number of nitrogens with zero attached hydrogens (tertiary/aromatic N) is 2. The van der Waals surface area contributed by atoms with E-state index in [1.165, 1.54) is 4.68 Å². The van der Waals surface area contributed by atoms with Crippen LogP contribution in [-0.4, -0.2) is 14.9 Å². The van der Waals surface area contributed by atoms with Gasteiger partial charge in [0.2, 0.25) is 0 Å². The lowest BCUT2D eigenvalue weighted by Gasteiger charge is -2.16. The van der Waals surface area contributed by atoms with Crippen LogP contribution in [0.4, 0.5) is 0 Å². The Bertz CT molecular complexity index is 1020. The Morgan fingerprint density at radius 3 is 2.43 bits per heavy atom. The molecule has 0 atom stereocenters. The molecule has 3 rings (SSSR count). The van der Waals surface area contributed by atoms with E-state index in [-0.39, 0.29) is 11.3 Å². The van der Waals surface area contributed by atoms with Gasteiger partial charge in [-0.2, -0.15) is 5.10 Å². The van der Waals surface area contributed by atoms with Crippen LogP contribution in [0.15, 0.2) is 53.3 Å². The van der Waals surface area contributed by atoms with Gasteiger partial charge < -0.3 is 5.11 Å². The summed E-state index contributed by atoms with van der Waals surface area (Å²) in [6, 6.07) is 15.2. The SMILES string of the molecule is Cc1ccccc1-c1c(O)c(CC(C)C)nn(CCc2ccc(Cl)cc2)c1=O. The zero-order valence-corrected chi connectivity index (χ0v) is 17.2. The maximum atomic E-state index is 13.2. The van der Waals surface area contributed by atoms with Crippen molar-refractivity contribution in [2.75, 3.05) is 0 Å². The number of hydrogen-bond acceptors (Lipinski definition) is 3. The minimum absolute atomic E-state index is 0.00394. The van der Waals surface area contributed by atoms with E-state index in [0.29, 0.717) is 41.6 Å². The molecule has 0 saturated carbocycles. The fourth-order valence-corrected chi connectivity index (χ4v) is 3.40. The van der Waals surface area contributed by atoms with Gasteiger partial charge in [0, 0.05) is 11.6 Å². The summed E-state index contributed by atoms with van der Waals surface area (Å²) in [4.78, 5) is 13.2. The fourth-order valence-electron chi connectivity index (χ4n) is 3.27. The van der Waals surface area contributed by atoms with E-state index in [4.69, 9.17) is 11.6 Å². The van der Waals surface area contributed by atoms with E-state index in [1.807, 2.05) is 55.5 Å². The smallest absolute Gasteiger partial charge is 0.278 e. The molecule has 1 heterocycles. The van der Waals surface area contributed by atoms with Crippen molar-refractivity contribution in [3.8, 4) is 16.9 Å². The van der Waals surface area contributed by atoms with Crippen molar-refractivity contribution in [3.63, 3.8) is 0 Å². The third-order valence-electron chi connectivity index (χ3n) is 4.74. The van der Waals surface area contributed by atoms with Gasteiger partial charge in [-0.05, 0) is 54.5 Å². The van der Waals surface area contributed by atoms with Crippen LogP contribution < -0.4 is 5.56 Å². The summed E-state index contributed by atoms with van der Waals surface area (Å²) in [5.74, 6) is 0.307. The Balaban J connectivity index is 2.06.